The number of aliphatic hydroxyl groups excluding tert-OH is 2. The van der Waals surface area contributed by atoms with Crippen molar-refractivity contribution in [2.24, 2.45) is 0 Å². The number of hydrogen-bond acceptors (Lipinski definition) is 5. The molecule has 0 saturated carbocycles. The standard InChI is InChI=1S/C14H21NO4/c1-14(2,3)19-13(18)9-4-5-11(12(15)6-9)10(7-16)8-17/h4-6,10,16-17H,7-8,15H2,1-3H3. The highest BCUT2D eigenvalue weighted by Gasteiger charge is 2.19. The molecule has 106 valence electrons. The number of carbonyl (C=O) groups is 1. The van der Waals surface area contributed by atoms with Gasteiger partial charge in [-0.15, -0.1) is 0 Å². The molecule has 5 nitrogen and oxygen atoms in total. The Kier molecular flexibility index (Phi) is 4.91. The Morgan fingerprint density at radius 3 is 2.32 bits per heavy atom. The average Bonchev–Trinajstić information content (AvgIpc) is 2.30. The highest BCUT2D eigenvalue weighted by atomic mass is 16.6. The summed E-state index contributed by atoms with van der Waals surface area (Å²) in [5.74, 6) is -0.886. The van der Waals surface area contributed by atoms with E-state index in [1.807, 2.05) is 0 Å². The zero-order chi connectivity index (χ0) is 14.6. The summed E-state index contributed by atoms with van der Waals surface area (Å²) in [7, 11) is 0. The molecule has 1 rings (SSSR count). The molecule has 1 aromatic carbocycles. The lowest BCUT2D eigenvalue weighted by Gasteiger charge is -2.20. The minimum absolute atomic E-state index is 0.202. The van der Waals surface area contributed by atoms with E-state index >= 15 is 0 Å². The summed E-state index contributed by atoms with van der Waals surface area (Å²) in [6.45, 7) is 4.96. The van der Waals surface area contributed by atoms with Crippen LogP contribution in [0.3, 0.4) is 0 Å². The van der Waals surface area contributed by atoms with Gasteiger partial charge in [0.2, 0.25) is 0 Å². The fourth-order valence-corrected chi connectivity index (χ4v) is 1.66. The number of carbonyl (C=O) groups excluding carboxylic acids is 1. The molecule has 0 spiro atoms. The van der Waals surface area contributed by atoms with Gasteiger partial charge in [0.1, 0.15) is 5.60 Å². The van der Waals surface area contributed by atoms with E-state index in [0.717, 1.165) is 0 Å². The van der Waals surface area contributed by atoms with E-state index in [9.17, 15) is 4.79 Å². The molecule has 4 N–H and O–H groups in total. The first-order valence-electron chi connectivity index (χ1n) is 6.13. The van der Waals surface area contributed by atoms with Crippen LogP contribution < -0.4 is 5.73 Å². The molecule has 0 aliphatic rings. The van der Waals surface area contributed by atoms with Crippen LogP contribution in [0, 0.1) is 0 Å². The van der Waals surface area contributed by atoms with E-state index in [2.05, 4.69) is 0 Å². The van der Waals surface area contributed by atoms with Crippen LogP contribution in [0.4, 0.5) is 5.69 Å². The molecule has 19 heavy (non-hydrogen) atoms. The van der Waals surface area contributed by atoms with Crippen molar-refractivity contribution in [3.8, 4) is 0 Å². The topological polar surface area (TPSA) is 92.8 Å². The number of anilines is 1. The summed E-state index contributed by atoms with van der Waals surface area (Å²) in [4.78, 5) is 11.9. The van der Waals surface area contributed by atoms with Crippen LogP contribution in [0.25, 0.3) is 0 Å². The van der Waals surface area contributed by atoms with Crippen molar-refractivity contribution >= 4 is 11.7 Å². The van der Waals surface area contributed by atoms with Crippen molar-refractivity contribution < 1.29 is 19.7 Å². The maximum absolute atomic E-state index is 11.9. The third-order valence-electron chi connectivity index (χ3n) is 2.60. The molecule has 0 aromatic heterocycles. The number of rotatable bonds is 4. The number of benzene rings is 1. The lowest BCUT2D eigenvalue weighted by atomic mass is 9.97. The molecule has 0 aliphatic heterocycles. The normalized spacial score (nSPS) is 11.7. The molecule has 0 atom stereocenters. The molecular weight excluding hydrogens is 246 g/mol. The summed E-state index contributed by atoms with van der Waals surface area (Å²) in [6.07, 6.45) is 0. The largest absolute Gasteiger partial charge is 0.456 e. The van der Waals surface area contributed by atoms with E-state index in [-0.39, 0.29) is 13.2 Å². The molecule has 0 radical (unpaired) electrons. The van der Waals surface area contributed by atoms with Crippen molar-refractivity contribution in [2.45, 2.75) is 32.3 Å². The molecule has 0 unspecified atom stereocenters. The molecule has 0 aliphatic carbocycles. The third-order valence-corrected chi connectivity index (χ3v) is 2.60. The first-order chi connectivity index (χ1) is 8.78. The fourth-order valence-electron chi connectivity index (χ4n) is 1.66. The number of nitrogens with two attached hydrogens (primary N) is 1. The molecule has 0 amide bonds. The van der Waals surface area contributed by atoms with Crippen LogP contribution in [-0.4, -0.2) is 35.0 Å². The Hall–Kier alpha value is -1.59. The van der Waals surface area contributed by atoms with Gasteiger partial charge in [0.15, 0.2) is 0 Å². The van der Waals surface area contributed by atoms with E-state index in [1.54, 1.807) is 32.9 Å². The van der Waals surface area contributed by atoms with Crippen molar-refractivity contribution in [3.05, 3.63) is 29.3 Å². The van der Waals surface area contributed by atoms with Crippen LogP contribution >= 0.6 is 0 Å². The quantitative estimate of drug-likeness (QED) is 0.564. The van der Waals surface area contributed by atoms with Crippen LogP contribution in [0.15, 0.2) is 18.2 Å². The first kappa shape index (κ1) is 15.5. The monoisotopic (exact) mass is 267 g/mol. The molecule has 0 fully saturated rings. The van der Waals surface area contributed by atoms with Gasteiger partial charge in [-0.3, -0.25) is 0 Å². The number of esters is 1. The maximum atomic E-state index is 11.9. The second-order valence-electron chi connectivity index (χ2n) is 5.41. The predicted octanol–water partition coefficient (Wildman–Crippen LogP) is 1.29. The first-order valence-corrected chi connectivity index (χ1v) is 6.13. The summed E-state index contributed by atoms with van der Waals surface area (Å²) < 4.78 is 5.24. The highest BCUT2D eigenvalue weighted by molar-refractivity contribution is 5.91. The van der Waals surface area contributed by atoms with Gasteiger partial charge >= 0.3 is 5.97 Å². The Balaban J connectivity index is 2.97. The lowest BCUT2D eigenvalue weighted by molar-refractivity contribution is 0.00696. The van der Waals surface area contributed by atoms with Gasteiger partial charge in [-0.2, -0.15) is 0 Å². The highest BCUT2D eigenvalue weighted by Crippen LogP contribution is 2.24. The van der Waals surface area contributed by atoms with Crippen molar-refractivity contribution in [1.82, 2.24) is 0 Å². The molecule has 1 aromatic rings. The van der Waals surface area contributed by atoms with Crippen LogP contribution in [0.1, 0.15) is 42.6 Å². The summed E-state index contributed by atoms with van der Waals surface area (Å²) in [5, 5.41) is 18.3. The van der Waals surface area contributed by atoms with Crippen LogP contribution in [0.2, 0.25) is 0 Å². The third kappa shape index (κ3) is 4.22. The minimum atomic E-state index is -0.566. The Morgan fingerprint density at radius 2 is 1.89 bits per heavy atom. The Morgan fingerprint density at radius 1 is 1.32 bits per heavy atom. The van der Waals surface area contributed by atoms with Gasteiger partial charge in [-0.05, 0) is 38.5 Å². The van der Waals surface area contributed by atoms with Crippen LogP contribution in [0.5, 0.6) is 0 Å². The van der Waals surface area contributed by atoms with Gasteiger partial charge in [0.25, 0.3) is 0 Å². The molecule has 0 heterocycles. The molecule has 0 saturated heterocycles. The van der Waals surface area contributed by atoms with E-state index in [4.69, 9.17) is 20.7 Å². The predicted molar refractivity (Wildman–Crippen MR) is 72.9 cm³/mol. The Bertz CT molecular complexity index is 447. The molecule has 0 bridgehead atoms. The number of hydrogen-bond donors (Lipinski definition) is 3. The second-order valence-corrected chi connectivity index (χ2v) is 5.41. The number of ether oxygens (including phenoxy) is 1. The van der Waals surface area contributed by atoms with E-state index in [0.29, 0.717) is 16.8 Å². The van der Waals surface area contributed by atoms with Gasteiger partial charge < -0.3 is 20.7 Å². The molecular formula is C14H21NO4. The van der Waals surface area contributed by atoms with E-state index in [1.165, 1.54) is 6.07 Å². The van der Waals surface area contributed by atoms with Crippen molar-refractivity contribution in [3.63, 3.8) is 0 Å². The molecule has 5 heteroatoms. The average molecular weight is 267 g/mol. The fraction of sp³-hybridized carbons (Fsp3) is 0.500. The van der Waals surface area contributed by atoms with Crippen LogP contribution in [-0.2, 0) is 4.74 Å². The second kappa shape index (κ2) is 6.04. The van der Waals surface area contributed by atoms with Gasteiger partial charge in [-0.1, -0.05) is 6.07 Å². The maximum Gasteiger partial charge on any atom is 0.338 e. The lowest BCUT2D eigenvalue weighted by Crippen LogP contribution is -2.24. The zero-order valence-electron chi connectivity index (χ0n) is 11.5. The number of nitrogen functional groups attached to an aromatic ring is 1. The Labute approximate surface area is 113 Å². The van der Waals surface area contributed by atoms with Crippen molar-refractivity contribution in [1.29, 1.82) is 0 Å². The smallest absolute Gasteiger partial charge is 0.338 e. The summed E-state index contributed by atoms with van der Waals surface area (Å²) in [6, 6.07) is 4.71. The van der Waals surface area contributed by atoms with Gasteiger partial charge in [0, 0.05) is 11.6 Å². The van der Waals surface area contributed by atoms with Gasteiger partial charge in [0.05, 0.1) is 18.8 Å². The summed E-state index contributed by atoms with van der Waals surface area (Å²) in [5.41, 5.74) is 6.61. The van der Waals surface area contributed by atoms with Crippen molar-refractivity contribution in [2.75, 3.05) is 18.9 Å². The van der Waals surface area contributed by atoms with Gasteiger partial charge in [-0.25, -0.2) is 4.79 Å². The number of aliphatic hydroxyl groups is 2. The SMILES string of the molecule is CC(C)(C)OC(=O)c1ccc(C(CO)CO)c(N)c1. The minimum Gasteiger partial charge on any atom is -0.456 e. The van der Waals surface area contributed by atoms with E-state index < -0.39 is 17.5 Å². The summed E-state index contributed by atoms with van der Waals surface area (Å²) >= 11 is 0. The zero-order valence-corrected chi connectivity index (χ0v) is 11.5.